The number of benzene rings is 2. The number of aryl methyl sites for hydroxylation is 1. The smallest absolute Gasteiger partial charge is 0.196 e. The van der Waals surface area contributed by atoms with Crippen LogP contribution < -0.4 is 0 Å². The van der Waals surface area contributed by atoms with E-state index in [0.717, 1.165) is 17.0 Å². The molecular formula is C18H18FN3OS. The van der Waals surface area contributed by atoms with Crippen molar-refractivity contribution in [3.05, 3.63) is 59.9 Å². The molecule has 2 aromatic carbocycles. The zero-order valence-corrected chi connectivity index (χ0v) is 14.1. The molecule has 0 fully saturated rings. The molecule has 24 heavy (non-hydrogen) atoms. The van der Waals surface area contributed by atoms with Gasteiger partial charge >= 0.3 is 0 Å². The summed E-state index contributed by atoms with van der Waals surface area (Å²) in [5.41, 5.74) is 2.45. The van der Waals surface area contributed by atoms with Gasteiger partial charge in [0.2, 0.25) is 0 Å². The summed E-state index contributed by atoms with van der Waals surface area (Å²) in [5, 5.41) is 18.1. The first-order valence-corrected chi connectivity index (χ1v) is 8.70. The monoisotopic (exact) mass is 343 g/mol. The van der Waals surface area contributed by atoms with Crippen LogP contribution >= 0.6 is 11.8 Å². The Balaban J connectivity index is 2.09. The number of rotatable bonds is 6. The molecule has 3 rings (SSSR count). The van der Waals surface area contributed by atoms with E-state index in [4.69, 9.17) is 5.11 Å². The average Bonchev–Trinajstić information content (AvgIpc) is 3.00. The zero-order chi connectivity index (χ0) is 16.9. The van der Waals surface area contributed by atoms with E-state index in [1.54, 1.807) is 18.2 Å². The molecule has 0 aliphatic heterocycles. The van der Waals surface area contributed by atoms with Gasteiger partial charge in [-0.15, -0.1) is 10.2 Å². The van der Waals surface area contributed by atoms with Crippen molar-refractivity contribution in [2.75, 3.05) is 12.4 Å². The first kappa shape index (κ1) is 16.7. The van der Waals surface area contributed by atoms with Gasteiger partial charge in [-0.2, -0.15) is 0 Å². The van der Waals surface area contributed by atoms with Crippen LogP contribution in [0.25, 0.3) is 17.1 Å². The van der Waals surface area contributed by atoms with Crippen molar-refractivity contribution >= 4 is 11.8 Å². The van der Waals surface area contributed by atoms with E-state index >= 15 is 0 Å². The highest BCUT2D eigenvalue weighted by Crippen LogP contribution is 2.29. The average molecular weight is 343 g/mol. The van der Waals surface area contributed by atoms with Gasteiger partial charge in [0.15, 0.2) is 11.0 Å². The first-order chi connectivity index (χ1) is 11.7. The van der Waals surface area contributed by atoms with Gasteiger partial charge in [-0.25, -0.2) is 4.39 Å². The van der Waals surface area contributed by atoms with Crippen LogP contribution in [0.2, 0.25) is 0 Å². The van der Waals surface area contributed by atoms with Crippen molar-refractivity contribution < 1.29 is 9.50 Å². The summed E-state index contributed by atoms with van der Waals surface area (Å²) in [6.07, 6.45) is 0.667. The molecule has 0 amide bonds. The highest BCUT2D eigenvalue weighted by Gasteiger charge is 2.18. The second-order valence-electron chi connectivity index (χ2n) is 5.38. The van der Waals surface area contributed by atoms with Gasteiger partial charge in [0, 0.05) is 18.0 Å². The van der Waals surface area contributed by atoms with Gasteiger partial charge < -0.3 is 5.11 Å². The highest BCUT2D eigenvalue weighted by atomic mass is 32.2. The molecule has 1 N–H and O–H groups in total. The van der Waals surface area contributed by atoms with Gasteiger partial charge in [-0.1, -0.05) is 41.6 Å². The van der Waals surface area contributed by atoms with Gasteiger partial charge in [-0.05, 0) is 37.6 Å². The fourth-order valence-electron chi connectivity index (χ4n) is 2.34. The van der Waals surface area contributed by atoms with E-state index in [2.05, 4.69) is 10.2 Å². The standard InChI is InChI=1S/C18H18FN3OS/c1-13-7-9-14(10-8-13)22-17(15-5-2-3-6-16(15)19)20-21-18(22)24-12-4-11-23/h2-3,5-10,23H,4,11-12H2,1H3. The van der Waals surface area contributed by atoms with Crippen LogP contribution in [-0.4, -0.2) is 32.2 Å². The van der Waals surface area contributed by atoms with Crippen molar-refractivity contribution in [2.45, 2.75) is 18.5 Å². The van der Waals surface area contributed by atoms with Crippen molar-refractivity contribution in [3.63, 3.8) is 0 Å². The maximum Gasteiger partial charge on any atom is 0.196 e. The number of nitrogens with zero attached hydrogens (tertiary/aromatic N) is 3. The van der Waals surface area contributed by atoms with Crippen molar-refractivity contribution in [3.8, 4) is 17.1 Å². The topological polar surface area (TPSA) is 50.9 Å². The predicted molar refractivity (Wildman–Crippen MR) is 93.9 cm³/mol. The van der Waals surface area contributed by atoms with Gasteiger partial charge in [0.05, 0.1) is 5.56 Å². The Morgan fingerprint density at radius 2 is 1.83 bits per heavy atom. The molecule has 0 unspecified atom stereocenters. The molecule has 3 aromatic rings. The van der Waals surface area contributed by atoms with E-state index in [1.165, 1.54) is 17.8 Å². The lowest BCUT2D eigenvalue weighted by Crippen LogP contribution is -2.01. The van der Waals surface area contributed by atoms with Crippen LogP contribution in [0.15, 0.2) is 53.7 Å². The molecule has 0 aliphatic rings. The minimum absolute atomic E-state index is 0.131. The van der Waals surface area contributed by atoms with Crippen molar-refractivity contribution in [1.29, 1.82) is 0 Å². The Morgan fingerprint density at radius 3 is 2.54 bits per heavy atom. The largest absolute Gasteiger partial charge is 0.396 e. The lowest BCUT2D eigenvalue weighted by atomic mass is 10.2. The normalized spacial score (nSPS) is 11.0. The third-order valence-electron chi connectivity index (χ3n) is 3.57. The number of aliphatic hydroxyl groups excluding tert-OH is 1. The second kappa shape index (κ2) is 7.59. The van der Waals surface area contributed by atoms with E-state index in [0.29, 0.717) is 23.0 Å². The molecule has 0 bridgehead atoms. The van der Waals surface area contributed by atoms with E-state index < -0.39 is 0 Å². The first-order valence-electron chi connectivity index (χ1n) is 7.71. The van der Waals surface area contributed by atoms with Crippen LogP contribution in [0.3, 0.4) is 0 Å². The van der Waals surface area contributed by atoms with Crippen LogP contribution in [0, 0.1) is 12.7 Å². The summed E-state index contributed by atoms with van der Waals surface area (Å²) in [6.45, 7) is 2.15. The zero-order valence-electron chi connectivity index (χ0n) is 13.3. The Bertz CT molecular complexity index is 817. The number of aliphatic hydroxyl groups is 1. The Kier molecular flexibility index (Phi) is 5.27. The fourth-order valence-corrected chi connectivity index (χ4v) is 3.21. The van der Waals surface area contributed by atoms with Gasteiger partial charge in [0.1, 0.15) is 5.82 Å². The second-order valence-corrected chi connectivity index (χ2v) is 6.44. The van der Waals surface area contributed by atoms with Gasteiger partial charge in [-0.3, -0.25) is 4.57 Å². The number of thioether (sulfide) groups is 1. The Labute approximate surface area is 144 Å². The number of halogens is 1. The summed E-state index contributed by atoms with van der Waals surface area (Å²) < 4.78 is 16.1. The minimum Gasteiger partial charge on any atom is -0.396 e. The fraction of sp³-hybridized carbons (Fsp3) is 0.222. The van der Waals surface area contributed by atoms with E-state index in [-0.39, 0.29) is 12.4 Å². The molecule has 6 heteroatoms. The quantitative estimate of drug-likeness (QED) is 0.545. The molecule has 0 aliphatic carbocycles. The SMILES string of the molecule is Cc1ccc(-n2c(SCCCO)nnc2-c2ccccc2F)cc1. The summed E-state index contributed by atoms with van der Waals surface area (Å²) in [5.74, 6) is 0.867. The maximum absolute atomic E-state index is 14.2. The Morgan fingerprint density at radius 1 is 1.08 bits per heavy atom. The molecule has 0 spiro atoms. The minimum atomic E-state index is -0.329. The van der Waals surface area contributed by atoms with Crippen LogP contribution in [0.4, 0.5) is 4.39 Å². The molecule has 0 saturated carbocycles. The summed E-state index contributed by atoms with van der Waals surface area (Å²) in [7, 11) is 0. The number of hydrogen-bond donors (Lipinski definition) is 1. The van der Waals surface area contributed by atoms with Crippen LogP contribution in [0.1, 0.15) is 12.0 Å². The molecule has 0 saturated heterocycles. The van der Waals surface area contributed by atoms with Crippen LogP contribution in [0.5, 0.6) is 0 Å². The lowest BCUT2D eigenvalue weighted by molar-refractivity contribution is 0.296. The predicted octanol–water partition coefficient (Wildman–Crippen LogP) is 3.86. The third kappa shape index (κ3) is 3.49. The maximum atomic E-state index is 14.2. The van der Waals surface area contributed by atoms with E-state index in [1.807, 2.05) is 35.8 Å². The highest BCUT2D eigenvalue weighted by molar-refractivity contribution is 7.99. The lowest BCUT2D eigenvalue weighted by Gasteiger charge is -2.11. The molecular weight excluding hydrogens is 325 g/mol. The molecule has 0 atom stereocenters. The third-order valence-corrected chi connectivity index (χ3v) is 4.59. The molecule has 1 heterocycles. The summed E-state index contributed by atoms with van der Waals surface area (Å²) in [4.78, 5) is 0. The summed E-state index contributed by atoms with van der Waals surface area (Å²) in [6, 6.07) is 14.5. The number of hydrogen-bond acceptors (Lipinski definition) is 4. The van der Waals surface area contributed by atoms with Crippen molar-refractivity contribution in [2.24, 2.45) is 0 Å². The van der Waals surface area contributed by atoms with Crippen molar-refractivity contribution in [1.82, 2.24) is 14.8 Å². The summed E-state index contributed by atoms with van der Waals surface area (Å²) >= 11 is 1.50. The number of aromatic nitrogens is 3. The van der Waals surface area contributed by atoms with Crippen LogP contribution in [-0.2, 0) is 0 Å². The molecule has 0 radical (unpaired) electrons. The molecule has 4 nitrogen and oxygen atoms in total. The van der Waals surface area contributed by atoms with E-state index in [9.17, 15) is 4.39 Å². The molecule has 124 valence electrons. The molecule has 1 aromatic heterocycles. The van der Waals surface area contributed by atoms with Gasteiger partial charge in [0.25, 0.3) is 0 Å². The Hall–Kier alpha value is -2.18.